The second-order valence-electron chi connectivity index (χ2n) is 4.38. The van der Waals surface area contributed by atoms with Gasteiger partial charge in [0.2, 0.25) is 0 Å². The molecule has 0 aliphatic carbocycles. The van der Waals surface area contributed by atoms with Crippen LogP contribution < -0.4 is 4.74 Å². The Labute approximate surface area is 138 Å². The fraction of sp³-hybridized carbons (Fsp3) is 0.125. The Bertz CT molecular complexity index is 736. The summed E-state index contributed by atoms with van der Waals surface area (Å²) in [7, 11) is 0. The highest BCUT2D eigenvalue weighted by molar-refractivity contribution is 9.10. The second-order valence-corrected chi connectivity index (χ2v) is 6.79. The maximum atomic E-state index is 6.01. The van der Waals surface area contributed by atoms with E-state index >= 15 is 0 Å². The van der Waals surface area contributed by atoms with Crippen LogP contribution in [0.15, 0.2) is 52.3 Å². The van der Waals surface area contributed by atoms with Crippen molar-refractivity contribution in [2.24, 2.45) is 0 Å². The molecule has 0 spiro atoms. The Hall–Kier alpha value is -0.840. The van der Waals surface area contributed by atoms with Crippen LogP contribution in [0.2, 0.25) is 0 Å². The van der Waals surface area contributed by atoms with Crippen molar-refractivity contribution in [2.45, 2.75) is 11.9 Å². The van der Waals surface area contributed by atoms with E-state index in [1.165, 1.54) is 21.2 Å². The first-order valence-corrected chi connectivity index (χ1v) is 9.00. The third kappa shape index (κ3) is 2.78. The van der Waals surface area contributed by atoms with Gasteiger partial charge in [-0.3, -0.25) is 0 Å². The van der Waals surface area contributed by atoms with Gasteiger partial charge in [-0.25, -0.2) is 0 Å². The maximum Gasteiger partial charge on any atom is 0.124 e. The van der Waals surface area contributed by atoms with Gasteiger partial charge in [-0.2, -0.15) is 0 Å². The summed E-state index contributed by atoms with van der Waals surface area (Å²) in [5.74, 6) is 0.945. The molecule has 0 N–H and O–H groups in total. The van der Waals surface area contributed by atoms with Gasteiger partial charge in [-0.15, -0.1) is 11.3 Å². The molecule has 102 valence electrons. The van der Waals surface area contributed by atoms with Gasteiger partial charge in [-0.1, -0.05) is 46.3 Å². The van der Waals surface area contributed by atoms with Crippen LogP contribution in [0.1, 0.15) is 10.4 Å². The maximum absolute atomic E-state index is 6.01. The zero-order valence-electron chi connectivity index (χ0n) is 10.6. The van der Waals surface area contributed by atoms with Gasteiger partial charge in [0.1, 0.15) is 12.4 Å². The molecule has 4 heteroatoms. The molecule has 1 heterocycles. The third-order valence-electron chi connectivity index (χ3n) is 3.18. The molecule has 2 aromatic carbocycles. The number of hydrogen-bond donors (Lipinski definition) is 0. The Kier molecular flexibility index (Phi) is 4.44. The molecule has 20 heavy (non-hydrogen) atoms. The Morgan fingerprint density at radius 1 is 1.05 bits per heavy atom. The van der Waals surface area contributed by atoms with E-state index in [0.717, 1.165) is 15.6 Å². The first-order valence-electron chi connectivity index (χ1n) is 6.21. The summed E-state index contributed by atoms with van der Waals surface area (Å²) in [5.41, 5.74) is 1.20. The smallest absolute Gasteiger partial charge is 0.124 e. The van der Waals surface area contributed by atoms with E-state index in [9.17, 15) is 0 Å². The molecule has 3 aromatic rings. The molecule has 0 aliphatic heterocycles. The first-order chi connectivity index (χ1) is 9.79. The number of thiophene rings is 1. The van der Waals surface area contributed by atoms with E-state index in [4.69, 9.17) is 4.74 Å². The molecular weight excluding hydrogens is 400 g/mol. The fourth-order valence-electron chi connectivity index (χ4n) is 2.16. The minimum Gasteiger partial charge on any atom is -0.488 e. The summed E-state index contributed by atoms with van der Waals surface area (Å²) in [6, 6.07) is 14.6. The normalized spacial score (nSPS) is 10.9. The SMILES string of the molecule is BrCc1c(OCc2sccc2Br)ccc2ccccc12. The number of hydrogen-bond acceptors (Lipinski definition) is 2. The minimum absolute atomic E-state index is 0.594. The van der Waals surface area contributed by atoms with Crippen molar-refractivity contribution < 1.29 is 4.74 Å². The molecule has 0 fully saturated rings. The summed E-state index contributed by atoms with van der Waals surface area (Å²) >= 11 is 8.81. The molecule has 0 radical (unpaired) electrons. The number of ether oxygens (including phenoxy) is 1. The first kappa shape index (κ1) is 14.1. The van der Waals surface area contributed by atoms with Crippen molar-refractivity contribution in [1.29, 1.82) is 0 Å². The van der Waals surface area contributed by atoms with E-state index < -0.39 is 0 Å². The molecular formula is C16H12Br2OS. The minimum atomic E-state index is 0.594. The van der Waals surface area contributed by atoms with Gasteiger partial charge >= 0.3 is 0 Å². The highest BCUT2D eigenvalue weighted by atomic mass is 79.9. The van der Waals surface area contributed by atoms with Crippen LogP contribution in [0.3, 0.4) is 0 Å². The number of halogens is 2. The fourth-order valence-corrected chi connectivity index (χ4v) is 4.12. The van der Waals surface area contributed by atoms with Crippen molar-refractivity contribution in [3.63, 3.8) is 0 Å². The van der Waals surface area contributed by atoms with Crippen LogP contribution in [0, 0.1) is 0 Å². The summed E-state index contributed by atoms with van der Waals surface area (Å²) in [6.07, 6.45) is 0. The van der Waals surface area contributed by atoms with Crippen LogP contribution in [0.4, 0.5) is 0 Å². The van der Waals surface area contributed by atoms with E-state index in [-0.39, 0.29) is 0 Å². The number of benzene rings is 2. The van der Waals surface area contributed by atoms with E-state index in [1.54, 1.807) is 11.3 Å². The Morgan fingerprint density at radius 2 is 1.90 bits per heavy atom. The topological polar surface area (TPSA) is 9.23 Å². The van der Waals surface area contributed by atoms with Gasteiger partial charge in [0.15, 0.2) is 0 Å². The van der Waals surface area contributed by atoms with Gasteiger partial charge in [-0.05, 0) is 44.2 Å². The lowest BCUT2D eigenvalue weighted by molar-refractivity contribution is 0.307. The number of fused-ring (bicyclic) bond motifs is 1. The highest BCUT2D eigenvalue weighted by Crippen LogP contribution is 2.31. The van der Waals surface area contributed by atoms with Crippen LogP contribution in [-0.4, -0.2) is 0 Å². The average molecular weight is 412 g/mol. The lowest BCUT2D eigenvalue weighted by Crippen LogP contribution is -1.97. The van der Waals surface area contributed by atoms with Crippen LogP contribution in [0.5, 0.6) is 5.75 Å². The van der Waals surface area contributed by atoms with Crippen molar-refractivity contribution in [3.8, 4) is 5.75 Å². The largest absolute Gasteiger partial charge is 0.488 e. The number of rotatable bonds is 4. The van der Waals surface area contributed by atoms with Crippen LogP contribution >= 0.6 is 43.2 Å². The third-order valence-corrected chi connectivity index (χ3v) is 5.64. The van der Waals surface area contributed by atoms with Crippen molar-refractivity contribution in [2.75, 3.05) is 0 Å². The van der Waals surface area contributed by atoms with E-state index in [0.29, 0.717) is 6.61 Å². The predicted octanol–water partition coefficient (Wildman–Crippen LogP) is 6.14. The summed E-state index contributed by atoms with van der Waals surface area (Å²) in [6.45, 7) is 0.594. The molecule has 0 aliphatic rings. The highest BCUT2D eigenvalue weighted by Gasteiger charge is 2.09. The van der Waals surface area contributed by atoms with E-state index in [2.05, 4.69) is 79.7 Å². The standard InChI is InChI=1S/C16H12Br2OS/c17-9-13-12-4-2-1-3-11(12)5-6-15(13)19-10-16-14(18)7-8-20-16/h1-8H,9-10H2. The monoisotopic (exact) mass is 410 g/mol. The molecule has 3 rings (SSSR count). The zero-order valence-corrected chi connectivity index (χ0v) is 14.6. The molecule has 0 bridgehead atoms. The molecule has 1 nitrogen and oxygen atoms in total. The summed E-state index contributed by atoms with van der Waals surface area (Å²) < 4.78 is 7.13. The van der Waals surface area contributed by atoms with Gasteiger partial charge in [0.05, 0.1) is 4.88 Å². The lowest BCUT2D eigenvalue weighted by Gasteiger charge is -2.12. The molecule has 0 saturated heterocycles. The summed E-state index contributed by atoms with van der Waals surface area (Å²) in [4.78, 5) is 1.21. The molecule has 0 unspecified atom stereocenters. The van der Waals surface area contributed by atoms with Gasteiger partial charge in [0.25, 0.3) is 0 Å². The van der Waals surface area contributed by atoms with Crippen molar-refractivity contribution in [3.05, 3.63) is 62.8 Å². The average Bonchev–Trinajstić information content (AvgIpc) is 2.89. The van der Waals surface area contributed by atoms with Crippen molar-refractivity contribution in [1.82, 2.24) is 0 Å². The van der Waals surface area contributed by atoms with Gasteiger partial charge < -0.3 is 4.74 Å². The van der Waals surface area contributed by atoms with Gasteiger partial charge in [0, 0.05) is 15.4 Å². The Balaban J connectivity index is 1.93. The second kappa shape index (κ2) is 6.29. The van der Waals surface area contributed by atoms with Crippen LogP contribution in [0.25, 0.3) is 10.8 Å². The predicted molar refractivity (Wildman–Crippen MR) is 92.9 cm³/mol. The molecule has 0 atom stereocenters. The quantitative estimate of drug-likeness (QED) is 0.468. The van der Waals surface area contributed by atoms with Crippen LogP contribution in [-0.2, 0) is 11.9 Å². The molecule has 0 saturated carbocycles. The van der Waals surface area contributed by atoms with Crippen molar-refractivity contribution >= 4 is 54.0 Å². The zero-order chi connectivity index (χ0) is 13.9. The Morgan fingerprint density at radius 3 is 2.65 bits per heavy atom. The summed E-state index contributed by atoms with van der Waals surface area (Å²) in [5, 5.41) is 5.34. The number of alkyl halides is 1. The van der Waals surface area contributed by atoms with E-state index in [1.807, 2.05) is 0 Å². The lowest BCUT2D eigenvalue weighted by atomic mass is 10.0. The molecule has 1 aromatic heterocycles. The molecule has 0 amide bonds.